The fourth-order valence-electron chi connectivity index (χ4n) is 3.51. The first kappa shape index (κ1) is 18.5. The van der Waals surface area contributed by atoms with Crippen LogP contribution in [0.3, 0.4) is 0 Å². The van der Waals surface area contributed by atoms with E-state index in [0.29, 0.717) is 0 Å². The second kappa shape index (κ2) is 7.55. The minimum Gasteiger partial charge on any atom is -0.497 e. The van der Waals surface area contributed by atoms with Gasteiger partial charge in [-0.25, -0.2) is 0 Å². The summed E-state index contributed by atoms with van der Waals surface area (Å²) in [5.41, 5.74) is 5.31. The number of hydrogen-bond acceptors (Lipinski definition) is 2. The topological polar surface area (TPSA) is 28.3 Å². The van der Waals surface area contributed by atoms with Crippen LogP contribution in [0.1, 0.15) is 37.6 Å². The van der Waals surface area contributed by atoms with Crippen molar-refractivity contribution in [3.63, 3.8) is 0 Å². The van der Waals surface area contributed by atoms with Crippen LogP contribution in [0, 0.1) is 6.92 Å². The molecule has 3 nitrogen and oxygen atoms in total. The third kappa shape index (κ3) is 4.10. The van der Waals surface area contributed by atoms with E-state index >= 15 is 0 Å². The monoisotopic (exact) mass is 350 g/mol. The first-order valence-corrected chi connectivity index (χ1v) is 9.32. The third-order valence-corrected chi connectivity index (χ3v) is 5.12. The zero-order valence-corrected chi connectivity index (χ0v) is 16.6. The van der Waals surface area contributed by atoms with Crippen LogP contribution in [-0.4, -0.2) is 29.1 Å². The number of H-pyrrole nitrogens is 1. The maximum atomic E-state index is 5.42. The van der Waals surface area contributed by atoms with Gasteiger partial charge < -0.3 is 9.72 Å². The average Bonchev–Trinajstić information content (AvgIpc) is 2.93. The standard InChI is InChI=1S/C23H30N2O/c1-17-20(21-15-19(26-5)11-12-22(21)24-17)13-14-25(23(2,3)4)16-18-9-7-6-8-10-18/h6-12,15,24H,13-14,16H2,1-5H3. The van der Waals surface area contributed by atoms with Crippen molar-refractivity contribution >= 4 is 10.9 Å². The number of aryl methyl sites for hydroxylation is 1. The molecular weight excluding hydrogens is 320 g/mol. The predicted octanol–water partition coefficient (Wildman–Crippen LogP) is 5.33. The van der Waals surface area contributed by atoms with Gasteiger partial charge >= 0.3 is 0 Å². The Morgan fingerprint density at radius 2 is 1.77 bits per heavy atom. The van der Waals surface area contributed by atoms with Gasteiger partial charge in [-0.3, -0.25) is 4.90 Å². The lowest BCUT2D eigenvalue weighted by Gasteiger charge is -2.36. The summed E-state index contributed by atoms with van der Waals surface area (Å²) in [6.07, 6.45) is 1.02. The zero-order chi connectivity index (χ0) is 18.7. The molecule has 1 aromatic heterocycles. The Kier molecular flexibility index (Phi) is 5.38. The number of nitrogens with one attached hydrogen (secondary N) is 1. The molecule has 3 rings (SSSR count). The Morgan fingerprint density at radius 3 is 2.42 bits per heavy atom. The smallest absolute Gasteiger partial charge is 0.119 e. The Bertz CT molecular complexity index is 859. The molecule has 0 saturated heterocycles. The molecular formula is C23H30N2O. The number of fused-ring (bicyclic) bond motifs is 1. The second-order valence-electron chi connectivity index (χ2n) is 7.97. The zero-order valence-electron chi connectivity index (χ0n) is 16.6. The van der Waals surface area contributed by atoms with E-state index in [1.165, 1.54) is 27.7 Å². The highest BCUT2D eigenvalue weighted by molar-refractivity contribution is 5.86. The summed E-state index contributed by atoms with van der Waals surface area (Å²) < 4.78 is 5.42. The van der Waals surface area contributed by atoms with E-state index < -0.39 is 0 Å². The number of nitrogens with zero attached hydrogens (tertiary/aromatic N) is 1. The number of methoxy groups -OCH3 is 1. The summed E-state index contributed by atoms with van der Waals surface area (Å²) in [5, 5.41) is 1.27. The van der Waals surface area contributed by atoms with Crippen molar-refractivity contribution in [1.29, 1.82) is 0 Å². The van der Waals surface area contributed by atoms with Gasteiger partial charge in [0.1, 0.15) is 5.75 Å². The highest BCUT2D eigenvalue weighted by Gasteiger charge is 2.22. The molecule has 0 radical (unpaired) electrons. The van der Waals surface area contributed by atoms with E-state index in [2.05, 4.69) is 80.0 Å². The molecule has 0 amide bonds. The molecule has 138 valence electrons. The van der Waals surface area contributed by atoms with Crippen molar-refractivity contribution in [3.05, 3.63) is 65.4 Å². The molecule has 0 aliphatic rings. The largest absolute Gasteiger partial charge is 0.497 e. The van der Waals surface area contributed by atoms with Crippen molar-refractivity contribution in [2.24, 2.45) is 0 Å². The molecule has 0 bridgehead atoms. The minimum atomic E-state index is 0.119. The van der Waals surface area contributed by atoms with E-state index in [0.717, 1.165) is 25.3 Å². The predicted molar refractivity (Wildman–Crippen MR) is 110 cm³/mol. The van der Waals surface area contributed by atoms with Crippen molar-refractivity contribution < 1.29 is 4.74 Å². The van der Waals surface area contributed by atoms with Gasteiger partial charge in [0.05, 0.1) is 7.11 Å². The third-order valence-electron chi connectivity index (χ3n) is 5.12. The summed E-state index contributed by atoms with van der Waals surface area (Å²) in [6, 6.07) is 17.0. The molecule has 0 spiro atoms. The fraction of sp³-hybridized carbons (Fsp3) is 0.391. The molecule has 3 heteroatoms. The van der Waals surface area contributed by atoms with Gasteiger partial charge in [0, 0.05) is 35.2 Å². The quantitative estimate of drug-likeness (QED) is 0.651. The molecule has 26 heavy (non-hydrogen) atoms. The van der Waals surface area contributed by atoms with Crippen LogP contribution in [0.5, 0.6) is 5.75 Å². The summed E-state index contributed by atoms with van der Waals surface area (Å²) in [4.78, 5) is 6.07. The van der Waals surface area contributed by atoms with Gasteiger partial charge in [-0.2, -0.15) is 0 Å². The number of hydrogen-bond donors (Lipinski definition) is 1. The lowest BCUT2D eigenvalue weighted by molar-refractivity contribution is 0.129. The molecule has 1 heterocycles. The summed E-state index contributed by atoms with van der Waals surface area (Å²) >= 11 is 0. The normalized spacial score (nSPS) is 12.1. The molecule has 0 fully saturated rings. The Morgan fingerprint density at radius 1 is 1.04 bits per heavy atom. The van der Waals surface area contributed by atoms with E-state index in [4.69, 9.17) is 4.74 Å². The van der Waals surface area contributed by atoms with Crippen molar-refractivity contribution in [1.82, 2.24) is 9.88 Å². The first-order valence-electron chi connectivity index (χ1n) is 9.32. The molecule has 0 unspecified atom stereocenters. The van der Waals surface area contributed by atoms with Crippen molar-refractivity contribution in [2.45, 2.75) is 46.2 Å². The maximum absolute atomic E-state index is 5.42. The molecule has 0 saturated carbocycles. The van der Waals surface area contributed by atoms with Gasteiger partial charge in [0.2, 0.25) is 0 Å². The summed E-state index contributed by atoms with van der Waals surface area (Å²) in [5.74, 6) is 0.912. The summed E-state index contributed by atoms with van der Waals surface area (Å²) in [7, 11) is 1.72. The number of aromatic nitrogens is 1. The fourth-order valence-corrected chi connectivity index (χ4v) is 3.51. The Balaban J connectivity index is 1.83. The van der Waals surface area contributed by atoms with Crippen molar-refractivity contribution in [3.8, 4) is 5.75 Å². The van der Waals surface area contributed by atoms with E-state index in [9.17, 15) is 0 Å². The van der Waals surface area contributed by atoms with Crippen molar-refractivity contribution in [2.75, 3.05) is 13.7 Å². The Hall–Kier alpha value is -2.26. The Labute approximate surface area is 157 Å². The number of rotatable bonds is 6. The SMILES string of the molecule is COc1ccc2[nH]c(C)c(CCN(Cc3ccccc3)C(C)(C)C)c2c1. The maximum Gasteiger partial charge on any atom is 0.119 e. The number of aromatic amines is 1. The lowest BCUT2D eigenvalue weighted by atomic mass is 10.0. The summed E-state index contributed by atoms with van der Waals surface area (Å²) in [6.45, 7) is 11.0. The van der Waals surface area contributed by atoms with Gasteiger partial charge in [-0.15, -0.1) is 0 Å². The second-order valence-corrected chi connectivity index (χ2v) is 7.97. The molecule has 0 aliphatic carbocycles. The van der Waals surface area contributed by atoms with E-state index in [-0.39, 0.29) is 5.54 Å². The average molecular weight is 351 g/mol. The highest BCUT2D eigenvalue weighted by atomic mass is 16.5. The molecule has 0 aliphatic heterocycles. The van der Waals surface area contributed by atoms with Gasteiger partial charge in [0.15, 0.2) is 0 Å². The van der Waals surface area contributed by atoms with Crippen LogP contribution >= 0.6 is 0 Å². The van der Waals surface area contributed by atoms with Gasteiger partial charge in [0.25, 0.3) is 0 Å². The molecule has 2 aromatic carbocycles. The van der Waals surface area contributed by atoms with Gasteiger partial charge in [-0.1, -0.05) is 30.3 Å². The molecule has 0 atom stereocenters. The van der Waals surface area contributed by atoms with Gasteiger partial charge in [-0.05, 0) is 63.4 Å². The lowest BCUT2D eigenvalue weighted by Crippen LogP contribution is -2.42. The van der Waals surface area contributed by atoms with E-state index in [1.54, 1.807) is 7.11 Å². The number of benzene rings is 2. The van der Waals surface area contributed by atoms with Crippen LogP contribution < -0.4 is 4.74 Å². The van der Waals surface area contributed by atoms with Crippen LogP contribution in [-0.2, 0) is 13.0 Å². The highest BCUT2D eigenvalue weighted by Crippen LogP contribution is 2.28. The molecule has 3 aromatic rings. The minimum absolute atomic E-state index is 0.119. The van der Waals surface area contributed by atoms with E-state index in [1.807, 2.05) is 6.07 Å². The van der Waals surface area contributed by atoms with Crippen LogP contribution in [0.15, 0.2) is 48.5 Å². The van der Waals surface area contributed by atoms with Crippen LogP contribution in [0.4, 0.5) is 0 Å². The van der Waals surface area contributed by atoms with Crippen LogP contribution in [0.25, 0.3) is 10.9 Å². The first-order chi connectivity index (χ1) is 12.4. The molecule has 1 N–H and O–H groups in total. The number of ether oxygens (including phenoxy) is 1. The van der Waals surface area contributed by atoms with Crippen LogP contribution in [0.2, 0.25) is 0 Å².